The Kier molecular flexibility index (Phi) is 7.61. The molecule has 0 fully saturated rings. The van der Waals surface area contributed by atoms with Crippen LogP contribution in [0.3, 0.4) is 0 Å². The van der Waals surface area contributed by atoms with Crippen molar-refractivity contribution in [3.63, 3.8) is 0 Å². The van der Waals surface area contributed by atoms with Crippen LogP contribution in [0.25, 0.3) is 0 Å². The van der Waals surface area contributed by atoms with Crippen molar-refractivity contribution in [1.29, 1.82) is 0 Å². The lowest BCUT2D eigenvalue weighted by molar-refractivity contribution is -0.000633. The van der Waals surface area contributed by atoms with Crippen molar-refractivity contribution < 1.29 is 31.7 Å². The standard InChI is InChI=1S/C19H29NO7S/c1-14-8-10-15(11-9-14)28(23,24)25-13-12-20(16(21)26-18(2,3)4)17(22)27-19(5,6)7/h8-11H,12-13H2,1-7H3. The largest absolute Gasteiger partial charge is 0.443 e. The first kappa shape index (κ1) is 23.9. The van der Waals surface area contributed by atoms with Gasteiger partial charge in [-0.2, -0.15) is 8.42 Å². The highest BCUT2D eigenvalue weighted by Crippen LogP contribution is 2.16. The summed E-state index contributed by atoms with van der Waals surface area (Å²) in [6, 6.07) is 6.13. The number of carbonyl (C=O) groups is 2. The van der Waals surface area contributed by atoms with Gasteiger partial charge in [-0.25, -0.2) is 14.5 Å². The second kappa shape index (κ2) is 8.91. The molecular formula is C19H29NO7S. The zero-order valence-corrected chi connectivity index (χ0v) is 18.3. The molecule has 0 aliphatic heterocycles. The summed E-state index contributed by atoms with van der Waals surface area (Å²) in [6.45, 7) is 10.9. The van der Waals surface area contributed by atoms with Crippen molar-refractivity contribution in [2.75, 3.05) is 13.2 Å². The van der Waals surface area contributed by atoms with Gasteiger partial charge in [0, 0.05) is 0 Å². The fourth-order valence-electron chi connectivity index (χ4n) is 1.90. The van der Waals surface area contributed by atoms with Crippen molar-refractivity contribution in [2.24, 2.45) is 0 Å². The highest BCUT2D eigenvalue weighted by atomic mass is 32.2. The van der Waals surface area contributed by atoms with Gasteiger partial charge in [-0.05, 0) is 60.6 Å². The van der Waals surface area contributed by atoms with Crippen LogP contribution in [0.5, 0.6) is 0 Å². The first-order valence-electron chi connectivity index (χ1n) is 8.80. The minimum Gasteiger partial charge on any atom is -0.443 e. The number of nitrogens with zero attached hydrogens (tertiary/aromatic N) is 1. The maximum atomic E-state index is 12.3. The molecule has 0 aliphatic carbocycles. The molecular weight excluding hydrogens is 386 g/mol. The van der Waals surface area contributed by atoms with Gasteiger partial charge in [-0.15, -0.1) is 0 Å². The van der Waals surface area contributed by atoms with Gasteiger partial charge in [0.15, 0.2) is 0 Å². The van der Waals surface area contributed by atoms with Crippen LogP contribution in [-0.2, 0) is 23.8 Å². The normalized spacial score (nSPS) is 12.4. The van der Waals surface area contributed by atoms with E-state index in [1.165, 1.54) is 12.1 Å². The first-order valence-corrected chi connectivity index (χ1v) is 10.2. The number of aryl methyl sites for hydroxylation is 1. The topological polar surface area (TPSA) is 99.2 Å². The van der Waals surface area contributed by atoms with E-state index in [1.807, 2.05) is 6.92 Å². The molecule has 9 heteroatoms. The van der Waals surface area contributed by atoms with Crippen molar-refractivity contribution in [1.82, 2.24) is 4.90 Å². The second-order valence-corrected chi connectivity index (χ2v) is 9.82. The lowest BCUT2D eigenvalue weighted by atomic mass is 10.2. The number of amides is 2. The molecule has 0 heterocycles. The number of imide groups is 1. The maximum absolute atomic E-state index is 12.3. The minimum absolute atomic E-state index is 0.0146. The van der Waals surface area contributed by atoms with Gasteiger partial charge < -0.3 is 9.47 Å². The summed E-state index contributed by atoms with van der Waals surface area (Å²) in [5, 5.41) is 0. The lowest BCUT2D eigenvalue weighted by Gasteiger charge is -2.28. The van der Waals surface area contributed by atoms with Crippen LogP contribution >= 0.6 is 0 Å². The Bertz CT molecular complexity index is 759. The quantitative estimate of drug-likeness (QED) is 0.673. The molecule has 0 spiro atoms. The summed E-state index contributed by atoms with van der Waals surface area (Å²) in [5.41, 5.74) is -0.779. The van der Waals surface area contributed by atoms with E-state index in [0.29, 0.717) is 4.90 Å². The zero-order valence-electron chi connectivity index (χ0n) is 17.4. The van der Waals surface area contributed by atoms with E-state index < -0.39 is 40.1 Å². The van der Waals surface area contributed by atoms with Crippen LogP contribution in [0.4, 0.5) is 9.59 Å². The van der Waals surface area contributed by atoms with E-state index in [2.05, 4.69) is 0 Å². The number of hydrogen-bond acceptors (Lipinski definition) is 7. The van der Waals surface area contributed by atoms with E-state index in [0.717, 1.165) is 5.56 Å². The molecule has 2 amide bonds. The summed E-state index contributed by atoms with van der Waals surface area (Å²) < 4.78 is 39.9. The summed E-state index contributed by atoms with van der Waals surface area (Å²) in [4.78, 5) is 25.4. The molecule has 0 unspecified atom stereocenters. The molecule has 0 bridgehead atoms. The summed E-state index contributed by atoms with van der Waals surface area (Å²) >= 11 is 0. The van der Waals surface area contributed by atoms with E-state index in [4.69, 9.17) is 13.7 Å². The molecule has 1 aromatic rings. The molecule has 0 N–H and O–H groups in total. The van der Waals surface area contributed by atoms with Gasteiger partial charge in [0.05, 0.1) is 18.0 Å². The molecule has 0 aliphatic rings. The van der Waals surface area contributed by atoms with Gasteiger partial charge in [0.1, 0.15) is 11.2 Å². The van der Waals surface area contributed by atoms with Crippen molar-refractivity contribution in [3.8, 4) is 0 Å². The average molecular weight is 416 g/mol. The average Bonchev–Trinajstić information content (AvgIpc) is 2.48. The number of ether oxygens (including phenoxy) is 2. The number of benzene rings is 1. The van der Waals surface area contributed by atoms with Crippen molar-refractivity contribution in [3.05, 3.63) is 29.8 Å². The van der Waals surface area contributed by atoms with Crippen LogP contribution in [0, 0.1) is 6.92 Å². The van der Waals surface area contributed by atoms with Crippen molar-refractivity contribution >= 4 is 22.3 Å². The van der Waals surface area contributed by atoms with E-state index in [-0.39, 0.29) is 11.4 Å². The van der Waals surface area contributed by atoms with E-state index >= 15 is 0 Å². The van der Waals surface area contributed by atoms with Gasteiger partial charge in [0.2, 0.25) is 0 Å². The predicted octanol–water partition coefficient (Wildman–Crippen LogP) is 3.87. The smallest absolute Gasteiger partial charge is 0.419 e. The molecule has 8 nitrogen and oxygen atoms in total. The van der Waals surface area contributed by atoms with Gasteiger partial charge >= 0.3 is 12.2 Å². The molecule has 28 heavy (non-hydrogen) atoms. The Morgan fingerprint density at radius 2 is 1.32 bits per heavy atom. The fraction of sp³-hybridized carbons (Fsp3) is 0.579. The second-order valence-electron chi connectivity index (χ2n) is 8.20. The monoisotopic (exact) mass is 415 g/mol. The van der Waals surface area contributed by atoms with Crippen LogP contribution < -0.4 is 0 Å². The molecule has 1 aromatic carbocycles. The third-order valence-electron chi connectivity index (χ3n) is 3.09. The zero-order chi connectivity index (χ0) is 21.8. The molecule has 1 rings (SSSR count). The maximum Gasteiger partial charge on any atom is 0.419 e. The number of hydrogen-bond donors (Lipinski definition) is 0. The van der Waals surface area contributed by atoms with Crippen LogP contribution in [0.15, 0.2) is 29.2 Å². The number of rotatable bonds is 5. The van der Waals surface area contributed by atoms with Gasteiger partial charge in [-0.3, -0.25) is 4.18 Å². The Morgan fingerprint density at radius 1 is 0.893 bits per heavy atom. The van der Waals surface area contributed by atoms with E-state index in [9.17, 15) is 18.0 Å². The summed E-state index contributed by atoms with van der Waals surface area (Å²) in [6.07, 6.45) is -1.89. The Labute approximate surface area is 166 Å². The molecule has 0 saturated carbocycles. The molecule has 0 saturated heterocycles. The fourth-order valence-corrected chi connectivity index (χ4v) is 2.80. The van der Waals surface area contributed by atoms with Crippen LogP contribution in [-0.4, -0.2) is 49.9 Å². The molecule has 0 aromatic heterocycles. The summed E-state index contributed by atoms with van der Waals surface area (Å²) in [7, 11) is -4.03. The third-order valence-corrected chi connectivity index (χ3v) is 4.42. The SMILES string of the molecule is Cc1ccc(S(=O)(=O)OCCN(C(=O)OC(C)(C)C)C(=O)OC(C)(C)C)cc1. The summed E-state index contributed by atoms with van der Waals surface area (Å²) in [5.74, 6) is 0. The van der Waals surface area contributed by atoms with Crippen molar-refractivity contribution in [2.45, 2.75) is 64.6 Å². The Balaban J connectivity index is 2.87. The first-order chi connectivity index (χ1) is 12.6. The van der Waals surface area contributed by atoms with Crippen LogP contribution in [0.1, 0.15) is 47.1 Å². The van der Waals surface area contributed by atoms with E-state index in [1.54, 1.807) is 53.7 Å². The Morgan fingerprint density at radius 3 is 1.71 bits per heavy atom. The van der Waals surface area contributed by atoms with Gasteiger partial charge in [0.25, 0.3) is 10.1 Å². The molecule has 158 valence electrons. The Hall–Kier alpha value is -2.13. The molecule has 0 atom stereocenters. The number of carbonyl (C=O) groups excluding carboxylic acids is 2. The highest BCUT2D eigenvalue weighted by molar-refractivity contribution is 7.86. The predicted molar refractivity (Wildman–Crippen MR) is 103 cm³/mol. The third kappa shape index (κ3) is 8.26. The van der Waals surface area contributed by atoms with Gasteiger partial charge in [-0.1, -0.05) is 17.7 Å². The minimum atomic E-state index is -4.03. The lowest BCUT2D eigenvalue weighted by Crippen LogP contribution is -2.45. The van der Waals surface area contributed by atoms with Crippen LogP contribution in [0.2, 0.25) is 0 Å². The molecule has 0 radical (unpaired) electrons. The highest BCUT2D eigenvalue weighted by Gasteiger charge is 2.31.